The van der Waals surface area contributed by atoms with Crippen molar-refractivity contribution < 1.29 is 13.2 Å². The van der Waals surface area contributed by atoms with Crippen molar-refractivity contribution in [3.63, 3.8) is 0 Å². The molecule has 0 amide bonds. The van der Waals surface area contributed by atoms with Crippen LogP contribution in [0, 0.1) is 0 Å². The second-order valence-corrected chi connectivity index (χ2v) is 6.47. The molecule has 0 spiro atoms. The van der Waals surface area contributed by atoms with Crippen LogP contribution in [0.1, 0.15) is 23.5 Å². The predicted molar refractivity (Wildman–Crippen MR) is 85.8 cm³/mol. The minimum Gasteiger partial charge on any atom is -0.377 e. The van der Waals surface area contributed by atoms with Crippen LogP contribution in [-0.4, -0.2) is 14.1 Å². The minimum atomic E-state index is -4.50. The van der Waals surface area contributed by atoms with Gasteiger partial charge in [-0.15, -0.1) is 0 Å². The molecule has 0 heterocycles. The summed E-state index contributed by atoms with van der Waals surface area (Å²) < 4.78 is 40.7. The molecule has 1 unspecified atom stereocenters. The summed E-state index contributed by atoms with van der Waals surface area (Å²) in [6, 6.07) is 4.44. The van der Waals surface area contributed by atoms with Crippen molar-refractivity contribution >= 4 is 40.5 Å². The van der Waals surface area contributed by atoms with E-state index in [1.165, 1.54) is 23.1 Å². The molecule has 1 aromatic rings. The topological polar surface area (TPSA) is 3.24 Å². The van der Waals surface area contributed by atoms with E-state index in [1.807, 2.05) is 0 Å². The highest BCUT2D eigenvalue weighted by Crippen LogP contribution is 2.47. The largest absolute Gasteiger partial charge is 0.418 e. The Balaban J connectivity index is 2.63. The Morgan fingerprint density at radius 2 is 1.77 bits per heavy atom. The summed E-state index contributed by atoms with van der Waals surface area (Å²) in [5.41, 5.74) is -0.507. The lowest BCUT2D eigenvalue weighted by atomic mass is 9.87. The highest BCUT2D eigenvalue weighted by molar-refractivity contribution is 6.42. The van der Waals surface area contributed by atoms with E-state index in [9.17, 15) is 13.2 Å². The predicted octanol–water partition coefficient (Wildman–Crippen LogP) is 6.07. The first-order valence-electron chi connectivity index (χ1n) is 6.41. The van der Waals surface area contributed by atoms with Crippen molar-refractivity contribution in [2.75, 3.05) is 19.0 Å². The molecule has 0 bridgehead atoms. The number of allylic oxidation sites excluding steroid dienone is 4. The second kappa shape index (κ2) is 6.34. The van der Waals surface area contributed by atoms with Crippen LogP contribution >= 0.6 is 34.8 Å². The van der Waals surface area contributed by atoms with Crippen molar-refractivity contribution in [1.29, 1.82) is 0 Å². The molecule has 0 N–H and O–H groups in total. The number of alkyl halides is 3. The quantitative estimate of drug-likeness (QED) is 0.610. The number of benzene rings is 1. The van der Waals surface area contributed by atoms with Gasteiger partial charge in [-0.2, -0.15) is 13.2 Å². The van der Waals surface area contributed by atoms with E-state index in [0.29, 0.717) is 5.03 Å². The van der Waals surface area contributed by atoms with Crippen molar-refractivity contribution in [2.45, 2.75) is 18.5 Å². The summed E-state index contributed by atoms with van der Waals surface area (Å²) in [7, 11) is 3.13. The van der Waals surface area contributed by atoms with E-state index >= 15 is 0 Å². The summed E-state index contributed by atoms with van der Waals surface area (Å²) in [6.45, 7) is 0. The summed E-state index contributed by atoms with van der Waals surface area (Å²) in [5, 5.41) is 0.815. The maximum atomic E-state index is 13.6. The summed E-state index contributed by atoms with van der Waals surface area (Å²) in [5.74, 6) is -0.659. The molecule has 1 aromatic carbocycles. The zero-order chi connectivity index (χ0) is 16.7. The van der Waals surface area contributed by atoms with Gasteiger partial charge in [-0.1, -0.05) is 46.9 Å². The molecule has 7 heteroatoms. The van der Waals surface area contributed by atoms with Gasteiger partial charge >= 0.3 is 6.18 Å². The van der Waals surface area contributed by atoms with Crippen molar-refractivity contribution in [3.05, 3.63) is 50.5 Å². The molecule has 120 valence electrons. The average Bonchev–Trinajstić information content (AvgIpc) is 2.41. The SMILES string of the molecule is CN(C)c1cccc(C2CC(Cl)=C(Cl)C=C2Cl)c1C(F)(F)F. The van der Waals surface area contributed by atoms with E-state index < -0.39 is 17.7 Å². The van der Waals surface area contributed by atoms with Gasteiger partial charge in [0, 0.05) is 35.8 Å². The molecular formula is C15H13Cl3F3N. The number of nitrogens with zero attached hydrogens (tertiary/aromatic N) is 1. The zero-order valence-electron chi connectivity index (χ0n) is 11.8. The first-order valence-corrected chi connectivity index (χ1v) is 7.55. The maximum Gasteiger partial charge on any atom is 0.418 e. The minimum absolute atomic E-state index is 0.0891. The van der Waals surface area contributed by atoms with Gasteiger partial charge in [0.2, 0.25) is 0 Å². The fourth-order valence-corrected chi connectivity index (χ4v) is 3.23. The smallest absolute Gasteiger partial charge is 0.377 e. The molecule has 0 saturated carbocycles. The third-order valence-electron chi connectivity index (χ3n) is 3.46. The van der Waals surface area contributed by atoms with Crippen LogP contribution in [-0.2, 0) is 6.18 Å². The molecule has 1 aliphatic rings. The first-order chi connectivity index (χ1) is 10.1. The first kappa shape index (κ1) is 17.5. The normalized spacial score (nSPS) is 19.3. The highest BCUT2D eigenvalue weighted by Gasteiger charge is 2.39. The number of anilines is 1. The van der Waals surface area contributed by atoms with Crippen LogP contribution in [0.15, 0.2) is 39.4 Å². The Bertz CT molecular complexity index is 648. The van der Waals surface area contributed by atoms with Gasteiger partial charge < -0.3 is 4.90 Å². The molecule has 0 saturated heterocycles. The molecular weight excluding hydrogens is 358 g/mol. The number of hydrogen-bond acceptors (Lipinski definition) is 1. The zero-order valence-corrected chi connectivity index (χ0v) is 14.1. The Morgan fingerprint density at radius 3 is 2.32 bits per heavy atom. The van der Waals surface area contributed by atoms with E-state index in [4.69, 9.17) is 34.8 Å². The van der Waals surface area contributed by atoms with Gasteiger partial charge in [-0.05, 0) is 24.1 Å². The molecule has 0 fully saturated rings. The van der Waals surface area contributed by atoms with Gasteiger partial charge in [0.25, 0.3) is 0 Å². The van der Waals surface area contributed by atoms with Crippen LogP contribution in [0.2, 0.25) is 0 Å². The van der Waals surface area contributed by atoms with Gasteiger partial charge in [-0.3, -0.25) is 0 Å². The molecule has 2 rings (SSSR count). The molecule has 0 aromatic heterocycles. The van der Waals surface area contributed by atoms with Crippen LogP contribution in [0.25, 0.3) is 0 Å². The fraction of sp³-hybridized carbons (Fsp3) is 0.333. The van der Waals surface area contributed by atoms with Crippen molar-refractivity contribution in [1.82, 2.24) is 0 Å². The average molecular weight is 371 g/mol. The standard InChI is InChI=1S/C15H13Cl3F3N/c1-22(2)13-5-3-4-8(14(13)15(19,20)21)9-6-11(17)12(18)7-10(9)16/h3-5,7,9H,6H2,1-2H3. The van der Waals surface area contributed by atoms with Crippen molar-refractivity contribution in [3.8, 4) is 0 Å². The Labute approximate surface area is 141 Å². The Kier molecular flexibility index (Phi) is 5.05. The molecule has 1 aliphatic carbocycles. The van der Waals surface area contributed by atoms with E-state index in [-0.39, 0.29) is 27.7 Å². The van der Waals surface area contributed by atoms with Crippen LogP contribution < -0.4 is 4.90 Å². The monoisotopic (exact) mass is 369 g/mol. The van der Waals surface area contributed by atoms with Crippen LogP contribution in [0.3, 0.4) is 0 Å². The lowest BCUT2D eigenvalue weighted by Crippen LogP contribution is -2.20. The lowest BCUT2D eigenvalue weighted by Gasteiger charge is -2.27. The summed E-state index contributed by atoms with van der Waals surface area (Å²) >= 11 is 18.0. The fourth-order valence-electron chi connectivity index (χ4n) is 2.46. The summed E-state index contributed by atoms with van der Waals surface area (Å²) in [6.07, 6.45) is -2.94. The van der Waals surface area contributed by atoms with Crippen LogP contribution in [0.4, 0.5) is 18.9 Å². The highest BCUT2D eigenvalue weighted by atomic mass is 35.5. The summed E-state index contributed by atoms with van der Waals surface area (Å²) in [4.78, 5) is 1.43. The Morgan fingerprint density at radius 1 is 1.14 bits per heavy atom. The number of rotatable bonds is 2. The van der Waals surface area contributed by atoms with E-state index in [1.54, 1.807) is 20.2 Å². The number of hydrogen-bond donors (Lipinski definition) is 0. The molecule has 22 heavy (non-hydrogen) atoms. The Hall–Kier alpha value is -0.840. The van der Waals surface area contributed by atoms with E-state index in [2.05, 4.69) is 0 Å². The molecule has 0 aliphatic heterocycles. The molecule has 1 atom stereocenters. The lowest BCUT2D eigenvalue weighted by molar-refractivity contribution is -0.137. The van der Waals surface area contributed by atoms with E-state index in [0.717, 1.165) is 0 Å². The molecule has 1 nitrogen and oxygen atoms in total. The van der Waals surface area contributed by atoms with Gasteiger partial charge in [0.1, 0.15) is 0 Å². The van der Waals surface area contributed by atoms with Crippen LogP contribution in [0.5, 0.6) is 0 Å². The second-order valence-electron chi connectivity index (χ2n) is 5.17. The third-order valence-corrected chi connectivity index (χ3v) is 4.62. The van der Waals surface area contributed by atoms with Gasteiger partial charge in [0.05, 0.1) is 10.6 Å². The maximum absolute atomic E-state index is 13.6. The third kappa shape index (κ3) is 3.39. The van der Waals surface area contributed by atoms with Gasteiger partial charge in [0.15, 0.2) is 0 Å². The van der Waals surface area contributed by atoms with Gasteiger partial charge in [-0.25, -0.2) is 0 Å². The molecule has 0 radical (unpaired) electrons. The van der Waals surface area contributed by atoms with Crippen molar-refractivity contribution in [2.24, 2.45) is 0 Å². The number of halogens is 6.